The first-order chi connectivity index (χ1) is 10.3. The number of benzene rings is 1. The molecule has 0 atom stereocenters. The number of carbonyl (C=O) groups excluding carboxylic acids is 1. The molecule has 120 valence electrons. The fourth-order valence-electron chi connectivity index (χ4n) is 2.38. The zero-order chi connectivity index (χ0) is 16.5. The van der Waals surface area contributed by atoms with Crippen molar-refractivity contribution < 1.29 is 22.7 Å². The molecule has 2 aromatic rings. The summed E-state index contributed by atoms with van der Waals surface area (Å²) >= 11 is 2.12. The van der Waals surface area contributed by atoms with Crippen LogP contribution < -0.4 is 0 Å². The highest BCUT2D eigenvalue weighted by Crippen LogP contribution is 2.37. The summed E-state index contributed by atoms with van der Waals surface area (Å²) in [5.41, 5.74) is 0.397. The molecule has 0 saturated carbocycles. The topological polar surface area (TPSA) is 31.2 Å². The van der Waals surface area contributed by atoms with Gasteiger partial charge in [0.15, 0.2) is 0 Å². The van der Waals surface area contributed by atoms with E-state index >= 15 is 0 Å². The fraction of sp³-hybridized carbons (Fsp3) is 0.400. The molecule has 0 radical (unpaired) electrons. The molecule has 7 heteroatoms. The monoisotopic (exact) mass is 425 g/mol. The third-order valence-corrected chi connectivity index (χ3v) is 3.93. The Bertz CT molecular complexity index is 707. The maximum Gasteiger partial charge on any atom is 0.417 e. The van der Waals surface area contributed by atoms with Crippen molar-refractivity contribution >= 4 is 39.5 Å². The normalized spacial score (nSPS) is 11.9. The van der Waals surface area contributed by atoms with Crippen LogP contribution in [-0.2, 0) is 24.4 Å². The molecule has 0 aliphatic carbocycles. The van der Waals surface area contributed by atoms with Gasteiger partial charge in [0.25, 0.3) is 0 Å². The van der Waals surface area contributed by atoms with Crippen LogP contribution in [0.15, 0.2) is 18.2 Å². The van der Waals surface area contributed by atoms with Gasteiger partial charge >= 0.3 is 12.1 Å². The van der Waals surface area contributed by atoms with E-state index in [-0.39, 0.29) is 17.7 Å². The number of alkyl halides is 4. The van der Waals surface area contributed by atoms with E-state index in [1.807, 2.05) is 0 Å². The summed E-state index contributed by atoms with van der Waals surface area (Å²) in [4.78, 5) is 11.9. The first-order valence-corrected chi connectivity index (χ1v) is 8.24. The Morgan fingerprint density at radius 1 is 1.32 bits per heavy atom. The van der Waals surface area contributed by atoms with Crippen molar-refractivity contribution in [2.75, 3.05) is 11.0 Å². The Morgan fingerprint density at radius 3 is 2.55 bits per heavy atom. The van der Waals surface area contributed by atoms with Gasteiger partial charge in [-0.3, -0.25) is 0 Å². The molecule has 0 saturated heterocycles. The minimum Gasteiger partial charge on any atom is -0.461 e. The van der Waals surface area contributed by atoms with Crippen LogP contribution in [0, 0.1) is 0 Å². The Balaban J connectivity index is 2.71. The Labute approximate surface area is 139 Å². The molecule has 0 fully saturated rings. The lowest BCUT2D eigenvalue weighted by atomic mass is 10.0. The first kappa shape index (κ1) is 17.1. The number of carbonyl (C=O) groups is 1. The van der Waals surface area contributed by atoms with Gasteiger partial charge in [-0.15, -0.1) is 0 Å². The minimum atomic E-state index is -4.47. The van der Waals surface area contributed by atoms with Gasteiger partial charge in [-0.05, 0) is 37.1 Å². The van der Waals surface area contributed by atoms with Gasteiger partial charge in [0, 0.05) is 22.4 Å². The molecule has 0 aliphatic heterocycles. The maximum absolute atomic E-state index is 13.3. The zero-order valence-electron chi connectivity index (χ0n) is 12.1. The van der Waals surface area contributed by atoms with Crippen LogP contribution in [0.1, 0.15) is 28.5 Å². The fourth-order valence-corrected chi connectivity index (χ4v) is 3.00. The molecule has 1 aromatic carbocycles. The number of hydrogen-bond acceptors (Lipinski definition) is 2. The van der Waals surface area contributed by atoms with E-state index in [0.29, 0.717) is 17.5 Å². The molecule has 0 spiro atoms. The Hall–Kier alpha value is -1.25. The number of aryl methyl sites for hydroxylation is 2. The maximum atomic E-state index is 13.3. The molecular weight excluding hydrogens is 410 g/mol. The highest BCUT2D eigenvalue weighted by molar-refractivity contribution is 14.1. The average molecular weight is 425 g/mol. The summed E-state index contributed by atoms with van der Waals surface area (Å²) in [6, 6.07) is 4.12. The van der Waals surface area contributed by atoms with E-state index in [0.717, 1.165) is 10.5 Å². The highest BCUT2D eigenvalue weighted by atomic mass is 127. The molecule has 3 nitrogen and oxygen atoms in total. The van der Waals surface area contributed by atoms with Gasteiger partial charge in [0.05, 0.1) is 12.2 Å². The highest BCUT2D eigenvalue weighted by Gasteiger charge is 2.34. The minimum absolute atomic E-state index is 0.0234. The zero-order valence-corrected chi connectivity index (χ0v) is 14.3. The van der Waals surface area contributed by atoms with Crippen molar-refractivity contribution in [3.05, 3.63) is 35.0 Å². The Morgan fingerprint density at radius 2 is 2.00 bits per heavy atom. The lowest BCUT2D eigenvalue weighted by Gasteiger charge is -2.11. The lowest BCUT2D eigenvalue weighted by Crippen LogP contribution is -2.09. The van der Waals surface area contributed by atoms with E-state index in [4.69, 9.17) is 4.74 Å². The molecule has 1 aromatic heterocycles. The first-order valence-electron chi connectivity index (χ1n) is 6.72. The Kier molecular flexibility index (Phi) is 5.03. The van der Waals surface area contributed by atoms with Gasteiger partial charge in [0.1, 0.15) is 5.69 Å². The summed E-state index contributed by atoms with van der Waals surface area (Å²) < 4.78 is 47.0. The van der Waals surface area contributed by atoms with E-state index in [1.165, 1.54) is 10.6 Å². The number of hydrogen-bond donors (Lipinski definition) is 0. The van der Waals surface area contributed by atoms with Crippen molar-refractivity contribution in [3.63, 3.8) is 0 Å². The van der Waals surface area contributed by atoms with Crippen molar-refractivity contribution in [1.29, 1.82) is 0 Å². The van der Waals surface area contributed by atoms with Gasteiger partial charge in [-0.25, -0.2) is 4.79 Å². The smallest absolute Gasteiger partial charge is 0.417 e. The number of fused-ring (bicyclic) bond motifs is 1. The number of rotatable bonds is 4. The molecule has 0 N–H and O–H groups in total. The molecule has 0 amide bonds. The van der Waals surface area contributed by atoms with E-state index in [9.17, 15) is 18.0 Å². The second kappa shape index (κ2) is 6.47. The van der Waals surface area contributed by atoms with Gasteiger partial charge in [-0.1, -0.05) is 22.6 Å². The predicted molar refractivity (Wildman–Crippen MR) is 86.5 cm³/mol. The van der Waals surface area contributed by atoms with Crippen LogP contribution in [0.25, 0.3) is 10.9 Å². The van der Waals surface area contributed by atoms with E-state index in [2.05, 4.69) is 22.6 Å². The standard InChI is InChI=1S/C15H15F3INO2/c1-3-22-14(21)13-8-10-11(15(16,17)18)6-9(4-5-19)7-12(10)20(13)2/h6-8H,3-5H2,1-2H3. The molecule has 0 unspecified atom stereocenters. The molecule has 2 rings (SSSR count). The van der Waals surface area contributed by atoms with Crippen LogP contribution in [-0.4, -0.2) is 21.6 Å². The third kappa shape index (κ3) is 3.23. The van der Waals surface area contributed by atoms with Crippen LogP contribution in [0.3, 0.4) is 0 Å². The SMILES string of the molecule is CCOC(=O)c1cc2c(C(F)(F)F)cc(CCI)cc2n1C. The van der Waals surface area contributed by atoms with E-state index < -0.39 is 17.7 Å². The third-order valence-electron chi connectivity index (χ3n) is 3.39. The van der Waals surface area contributed by atoms with Crippen LogP contribution in [0.4, 0.5) is 13.2 Å². The van der Waals surface area contributed by atoms with Gasteiger partial charge in [0.2, 0.25) is 0 Å². The number of halogens is 4. The molecular formula is C15H15F3INO2. The van der Waals surface area contributed by atoms with Gasteiger partial charge in [-0.2, -0.15) is 13.2 Å². The van der Waals surface area contributed by atoms with Crippen molar-refractivity contribution in [3.8, 4) is 0 Å². The summed E-state index contributed by atoms with van der Waals surface area (Å²) in [5.74, 6) is -0.621. The van der Waals surface area contributed by atoms with Crippen LogP contribution in [0.5, 0.6) is 0 Å². The second-order valence-corrected chi connectivity index (χ2v) is 5.90. The van der Waals surface area contributed by atoms with Crippen LogP contribution >= 0.6 is 22.6 Å². The lowest BCUT2D eigenvalue weighted by molar-refractivity contribution is -0.136. The predicted octanol–water partition coefficient (Wildman–Crippen LogP) is 4.35. The summed E-state index contributed by atoms with van der Waals surface area (Å²) in [7, 11) is 1.57. The number of nitrogens with zero attached hydrogens (tertiary/aromatic N) is 1. The van der Waals surface area contributed by atoms with Crippen molar-refractivity contribution in [1.82, 2.24) is 4.57 Å². The number of aromatic nitrogens is 1. The van der Waals surface area contributed by atoms with Crippen molar-refractivity contribution in [2.45, 2.75) is 19.5 Å². The number of ether oxygens (including phenoxy) is 1. The largest absolute Gasteiger partial charge is 0.461 e. The van der Waals surface area contributed by atoms with Crippen LogP contribution in [0.2, 0.25) is 0 Å². The molecule has 0 aliphatic rings. The van der Waals surface area contributed by atoms with E-state index in [1.54, 1.807) is 20.0 Å². The number of esters is 1. The molecule has 22 heavy (non-hydrogen) atoms. The quantitative estimate of drug-likeness (QED) is 0.415. The molecule has 0 bridgehead atoms. The summed E-state index contributed by atoms with van der Waals surface area (Å²) in [6.45, 7) is 1.83. The summed E-state index contributed by atoms with van der Waals surface area (Å²) in [6.07, 6.45) is -3.92. The second-order valence-electron chi connectivity index (χ2n) is 4.82. The summed E-state index contributed by atoms with van der Waals surface area (Å²) in [5, 5.41) is 0.0234. The van der Waals surface area contributed by atoms with Crippen molar-refractivity contribution in [2.24, 2.45) is 7.05 Å². The molecule has 1 heterocycles. The van der Waals surface area contributed by atoms with Gasteiger partial charge < -0.3 is 9.30 Å². The average Bonchev–Trinajstić information content (AvgIpc) is 2.75.